The molecule has 0 aromatic heterocycles. The summed E-state index contributed by atoms with van der Waals surface area (Å²) in [6, 6.07) is 0. The first-order valence-corrected chi connectivity index (χ1v) is 0. The SMILES string of the molecule is O.O.O.O.O.O.O.O.O.O.O.O.O.O.O.[H-].[H-].[H-].[H-].[H-].[H-].[H-].[H-].[H-].[H-].[Mg+2].[Mg+2].[Mg+2].[Mg+2].[Mg+2]. The van der Waals surface area contributed by atoms with Crippen molar-refractivity contribution in [2.75, 3.05) is 0 Å². The standard InChI is InChI=1S/5Mg.15H2O.10H/h;;;;;15*1H2;;;;;;;;;;/q5*+2;;;;;;;;;;;;;;;;10*-1. The van der Waals surface area contributed by atoms with Crippen LogP contribution in [0.4, 0.5) is 0 Å². The molecule has 140 valence electrons. The second kappa shape index (κ2) is 960. The Morgan fingerprint density at radius 2 is 0.150 bits per heavy atom. The summed E-state index contributed by atoms with van der Waals surface area (Å²) in [5.74, 6) is 0. The van der Waals surface area contributed by atoms with E-state index in [0.717, 1.165) is 0 Å². The van der Waals surface area contributed by atoms with Gasteiger partial charge in [-0.05, 0) is 0 Å². The molecule has 0 aromatic carbocycles. The molecule has 0 aromatic rings. The first-order valence-electron chi connectivity index (χ1n) is 0. The zero-order valence-electron chi connectivity index (χ0n) is 21.0. The quantitative estimate of drug-likeness (QED) is 0.341. The van der Waals surface area contributed by atoms with Crippen LogP contribution in [0.15, 0.2) is 0 Å². The molecule has 0 atom stereocenters. The average Bonchev–Trinajstić information content (AvgIpc) is 0. The number of hydrogen-bond donors (Lipinski definition) is 0. The third kappa shape index (κ3) is 832. The Bertz CT molecular complexity index is 43.8. The van der Waals surface area contributed by atoms with Crippen molar-refractivity contribution in [1.29, 1.82) is 0 Å². The van der Waals surface area contributed by atoms with Crippen molar-refractivity contribution in [3.63, 3.8) is 0 Å². The molecule has 0 rings (SSSR count). The van der Waals surface area contributed by atoms with Crippen molar-refractivity contribution >= 4 is 115 Å². The van der Waals surface area contributed by atoms with Crippen molar-refractivity contribution in [2.24, 2.45) is 0 Å². The fraction of sp³-hybridized carbons (Fsp3) is 0. The van der Waals surface area contributed by atoms with Gasteiger partial charge in [0.15, 0.2) is 0 Å². The van der Waals surface area contributed by atoms with Crippen molar-refractivity contribution in [1.82, 2.24) is 0 Å². The summed E-state index contributed by atoms with van der Waals surface area (Å²) in [5, 5.41) is 0. The summed E-state index contributed by atoms with van der Waals surface area (Å²) in [4.78, 5) is 0. The van der Waals surface area contributed by atoms with E-state index in [2.05, 4.69) is 0 Å². The zero-order chi connectivity index (χ0) is 0. The predicted octanol–water partition coefficient (Wildman–Crippen LogP) is -13.1. The minimum Gasteiger partial charge on any atom is -1.00 e. The smallest absolute Gasteiger partial charge is 1.00 e. The zero-order valence-corrected chi connectivity index (χ0v) is 18.1. The van der Waals surface area contributed by atoms with Crippen LogP contribution in [0.1, 0.15) is 14.3 Å². The van der Waals surface area contributed by atoms with Gasteiger partial charge in [0, 0.05) is 0 Å². The first-order chi connectivity index (χ1) is 0. The minimum atomic E-state index is 0. The molecular formula is H40Mg5O15. The molecule has 0 aliphatic heterocycles. The van der Waals surface area contributed by atoms with Crippen molar-refractivity contribution in [2.45, 2.75) is 0 Å². The van der Waals surface area contributed by atoms with Crippen LogP contribution in [0.5, 0.6) is 0 Å². The molecule has 0 aliphatic rings. The van der Waals surface area contributed by atoms with Gasteiger partial charge >= 0.3 is 115 Å². The molecular weight excluding hydrogens is 362 g/mol. The fourth-order valence-corrected chi connectivity index (χ4v) is 0. The van der Waals surface area contributed by atoms with Gasteiger partial charge in [-0.1, -0.05) is 0 Å². The molecule has 0 saturated carbocycles. The number of hydrogen-bond acceptors (Lipinski definition) is 0. The molecule has 30 N–H and O–H groups in total. The normalized spacial score (nSPS) is 0. The van der Waals surface area contributed by atoms with Gasteiger partial charge in [0.1, 0.15) is 0 Å². The summed E-state index contributed by atoms with van der Waals surface area (Å²) in [6.45, 7) is 0. The molecule has 0 saturated heterocycles. The van der Waals surface area contributed by atoms with E-state index in [1.165, 1.54) is 0 Å². The van der Waals surface area contributed by atoms with E-state index in [-0.39, 0.29) is 212 Å². The second-order valence-corrected chi connectivity index (χ2v) is 0. The van der Waals surface area contributed by atoms with Gasteiger partial charge in [0.05, 0.1) is 0 Å². The van der Waals surface area contributed by atoms with E-state index in [1.807, 2.05) is 0 Å². The molecule has 0 radical (unpaired) electrons. The van der Waals surface area contributed by atoms with Crippen molar-refractivity contribution in [3.05, 3.63) is 0 Å². The Morgan fingerprint density at radius 3 is 0.150 bits per heavy atom. The Balaban J connectivity index is 0. The Hall–Kier alpha value is 3.23. The third-order valence-electron chi connectivity index (χ3n) is 0. The summed E-state index contributed by atoms with van der Waals surface area (Å²) in [7, 11) is 0. The Kier molecular flexibility index (Phi) is 52800. The van der Waals surface area contributed by atoms with Crippen LogP contribution >= 0.6 is 0 Å². The van der Waals surface area contributed by atoms with Crippen LogP contribution in [0.25, 0.3) is 0 Å². The van der Waals surface area contributed by atoms with Gasteiger partial charge in [-0.2, -0.15) is 0 Å². The molecule has 0 heterocycles. The minimum absolute atomic E-state index is 0. The van der Waals surface area contributed by atoms with Crippen LogP contribution in [-0.2, 0) is 0 Å². The van der Waals surface area contributed by atoms with Gasteiger partial charge in [-0.15, -0.1) is 0 Å². The molecule has 0 fully saturated rings. The predicted molar refractivity (Wildman–Crippen MR) is 94.1 cm³/mol. The Labute approximate surface area is 210 Å². The van der Waals surface area contributed by atoms with E-state index >= 15 is 0 Å². The van der Waals surface area contributed by atoms with Gasteiger partial charge in [-0.25, -0.2) is 0 Å². The van der Waals surface area contributed by atoms with E-state index in [1.54, 1.807) is 0 Å². The van der Waals surface area contributed by atoms with Gasteiger partial charge in [0.25, 0.3) is 0 Å². The summed E-state index contributed by atoms with van der Waals surface area (Å²) >= 11 is 0. The topological polar surface area (TPSA) is 472 Å². The van der Waals surface area contributed by atoms with E-state index in [9.17, 15) is 0 Å². The van der Waals surface area contributed by atoms with E-state index in [0.29, 0.717) is 0 Å². The van der Waals surface area contributed by atoms with Crippen LogP contribution in [-0.4, -0.2) is 197 Å². The van der Waals surface area contributed by atoms with E-state index < -0.39 is 0 Å². The van der Waals surface area contributed by atoms with Crippen molar-refractivity contribution < 1.29 is 96.4 Å². The molecule has 0 bridgehead atoms. The summed E-state index contributed by atoms with van der Waals surface area (Å²) < 4.78 is 0. The Morgan fingerprint density at radius 1 is 0.150 bits per heavy atom. The maximum absolute atomic E-state index is 0. The first kappa shape index (κ1) is 1100. The van der Waals surface area contributed by atoms with Gasteiger partial charge in [0.2, 0.25) is 0 Å². The molecule has 0 unspecified atom stereocenters. The molecule has 20 heavy (non-hydrogen) atoms. The summed E-state index contributed by atoms with van der Waals surface area (Å²) in [6.07, 6.45) is 0. The van der Waals surface area contributed by atoms with Gasteiger partial charge < -0.3 is 96.4 Å². The fourth-order valence-electron chi connectivity index (χ4n) is 0. The molecule has 0 spiro atoms. The largest absolute Gasteiger partial charge is 2.00 e. The number of rotatable bonds is 0. The van der Waals surface area contributed by atoms with Crippen LogP contribution < -0.4 is 0 Å². The average molecular weight is 402 g/mol. The molecule has 0 amide bonds. The van der Waals surface area contributed by atoms with Gasteiger partial charge in [-0.3, -0.25) is 0 Å². The molecule has 0 aliphatic carbocycles. The molecule has 15 nitrogen and oxygen atoms in total. The third-order valence-corrected chi connectivity index (χ3v) is 0. The maximum Gasteiger partial charge on any atom is 2.00 e. The van der Waals surface area contributed by atoms with Crippen molar-refractivity contribution in [3.8, 4) is 0 Å². The second-order valence-electron chi connectivity index (χ2n) is 0. The van der Waals surface area contributed by atoms with E-state index in [4.69, 9.17) is 0 Å². The summed E-state index contributed by atoms with van der Waals surface area (Å²) in [5.41, 5.74) is 0. The van der Waals surface area contributed by atoms with Crippen LogP contribution in [0, 0.1) is 0 Å². The van der Waals surface area contributed by atoms with Crippen LogP contribution in [0.3, 0.4) is 0 Å². The monoisotopic (exact) mass is 400 g/mol. The van der Waals surface area contributed by atoms with Crippen LogP contribution in [0.2, 0.25) is 0 Å². The molecule has 20 heteroatoms. The maximum atomic E-state index is 0.